The third-order valence-electron chi connectivity index (χ3n) is 5.94. The van der Waals surface area contributed by atoms with Gasteiger partial charge in [0.2, 0.25) is 5.91 Å². The third-order valence-corrected chi connectivity index (χ3v) is 5.94. The summed E-state index contributed by atoms with van der Waals surface area (Å²) in [6.45, 7) is 2.64. The molecule has 0 saturated carbocycles. The largest absolute Gasteiger partial charge is 0.396 e. The molecule has 1 amide bonds. The van der Waals surface area contributed by atoms with E-state index in [-0.39, 0.29) is 18.6 Å². The summed E-state index contributed by atoms with van der Waals surface area (Å²) in [4.78, 5) is 17.4. The first kappa shape index (κ1) is 18.2. The lowest BCUT2D eigenvalue weighted by Crippen LogP contribution is -2.42. The number of likely N-dealkylation sites (tertiary alicyclic amines) is 1. The predicted octanol–water partition coefficient (Wildman–Crippen LogP) is 3.41. The van der Waals surface area contributed by atoms with Crippen LogP contribution in [0.15, 0.2) is 54.6 Å². The summed E-state index contributed by atoms with van der Waals surface area (Å²) in [6, 6.07) is 18.7. The van der Waals surface area contributed by atoms with E-state index in [0.29, 0.717) is 18.9 Å². The second-order valence-corrected chi connectivity index (χ2v) is 7.70. The molecule has 2 aromatic carbocycles. The molecule has 0 aromatic heterocycles. The molecule has 4 nitrogen and oxygen atoms in total. The number of hydrogen-bond acceptors (Lipinski definition) is 3. The van der Waals surface area contributed by atoms with Gasteiger partial charge >= 0.3 is 0 Å². The number of rotatable bonds is 6. The van der Waals surface area contributed by atoms with Crippen LogP contribution >= 0.6 is 0 Å². The van der Waals surface area contributed by atoms with Crippen LogP contribution in [0.3, 0.4) is 0 Å². The number of piperidine rings is 1. The van der Waals surface area contributed by atoms with Gasteiger partial charge in [0.25, 0.3) is 0 Å². The summed E-state index contributed by atoms with van der Waals surface area (Å²) >= 11 is 0. The molecule has 1 fully saturated rings. The molecule has 2 aliphatic rings. The highest BCUT2D eigenvalue weighted by Crippen LogP contribution is 2.40. The molecule has 142 valence electrons. The van der Waals surface area contributed by atoms with E-state index in [1.165, 1.54) is 5.56 Å². The van der Waals surface area contributed by atoms with Crippen molar-refractivity contribution in [1.82, 2.24) is 4.90 Å². The molecule has 2 heterocycles. The van der Waals surface area contributed by atoms with Crippen molar-refractivity contribution in [3.05, 3.63) is 65.7 Å². The molecular weight excluding hydrogens is 336 g/mol. The molecule has 0 radical (unpaired) electrons. The lowest BCUT2D eigenvalue weighted by atomic mass is 9.89. The fraction of sp³-hybridized carbons (Fsp3) is 0.435. The van der Waals surface area contributed by atoms with Crippen LogP contribution in [0.25, 0.3) is 0 Å². The zero-order valence-corrected chi connectivity index (χ0v) is 15.8. The molecule has 0 aliphatic carbocycles. The first-order valence-corrected chi connectivity index (χ1v) is 10.1. The highest BCUT2D eigenvalue weighted by molar-refractivity contribution is 6.04. The normalized spacial score (nSPS) is 20.9. The number of anilines is 1. The average molecular weight is 364 g/mol. The van der Waals surface area contributed by atoms with E-state index in [4.69, 9.17) is 0 Å². The summed E-state index contributed by atoms with van der Waals surface area (Å²) in [7, 11) is 0. The van der Waals surface area contributed by atoms with E-state index in [1.54, 1.807) is 0 Å². The molecule has 27 heavy (non-hydrogen) atoms. The Balaban J connectivity index is 1.44. The van der Waals surface area contributed by atoms with E-state index in [0.717, 1.165) is 43.6 Å². The lowest BCUT2D eigenvalue weighted by molar-refractivity contribution is -0.123. The molecule has 0 bridgehead atoms. The van der Waals surface area contributed by atoms with Crippen molar-refractivity contribution in [3.8, 4) is 0 Å². The van der Waals surface area contributed by atoms with Gasteiger partial charge in [0, 0.05) is 24.4 Å². The van der Waals surface area contributed by atoms with Gasteiger partial charge in [-0.1, -0.05) is 48.5 Å². The SMILES string of the molecule is O=C1C(N2CCC(Cc3ccccc3)CC2)c2ccccc2N1CCCO. The van der Waals surface area contributed by atoms with Gasteiger partial charge < -0.3 is 10.0 Å². The van der Waals surface area contributed by atoms with Crippen LogP contribution in [0.4, 0.5) is 5.69 Å². The first-order chi connectivity index (χ1) is 13.3. The number of aliphatic hydroxyl groups excluding tert-OH is 1. The Morgan fingerprint density at radius 2 is 1.67 bits per heavy atom. The van der Waals surface area contributed by atoms with Crippen LogP contribution < -0.4 is 4.90 Å². The van der Waals surface area contributed by atoms with Crippen molar-refractivity contribution < 1.29 is 9.90 Å². The number of hydrogen-bond donors (Lipinski definition) is 1. The smallest absolute Gasteiger partial charge is 0.249 e. The molecule has 1 atom stereocenters. The maximum atomic E-state index is 13.1. The second kappa shape index (κ2) is 8.24. The summed E-state index contributed by atoms with van der Waals surface area (Å²) in [6.07, 6.45) is 4.02. The highest BCUT2D eigenvalue weighted by atomic mass is 16.3. The molecule has 1 saturated heterocycles. The third kappa shape index (κ3) is 3.78. The van der Waals surface area contributed by atoms with Crippen molar-refractivity contribution in [2.45, 2.75) is 31.7 Å². The van der Waals surface area contributed by atoms with Gasteiger partial charge in [0.1, 0.15) is 6.04 Å². The van der Waals surface area contributed by atoms with Gasteiger partial charge in [-0.25, -0.2) is 0 Å². The van der Waals surface area contributed by atoms with Crippen molar-refractivity contribution >= 4 is 11.6 Å². The second-order valence-electron chi connectivity index (χ2n) is 7.70. The van der Waals surface area contributed by atoms with Crippen LogP contribution in [0.1, 0.15) is 36.4 Å². The van der Waals surface area contributed by atoms with Gasteiger partial charge in [-0.3, -0.25) is 9.69 Å². The predicted molar refractivity (Wildman–Crippen MR) is 108 cm³/mol. The molecule has 1 unspecified atom stereocenters. The van der Waals surface area contributed by atoms with Gasteiger partial charge in [-0.2, -0.15) is 0 Å². The number of para-hydroxylation sites is 1. The summed E-state index contributed by atoms with van der Waals surface area (Å²) < 4.78 is 0. The molecule has 2 aliphatic heterocycles. The van der Waals surface area contributed by atoms with E-state index < -0.39 is 0 Å². The van der Waals surface area contributed by atoms with E-state index in [9.17, 15) is 9.90 Å². The van der Waals surface area contributed by atoms with Gasteiger partial charge in [0.05, 0.1) is 0 Å². The standard InChI is InChI=1S/C23H28N2O2/c26-16-6-13-25-21-10-5-4-9-20(21)22(23(25)27)24-14-11-19(12-15-24)17-18-7-2-1-3-8-18/h1-5,7-10,19,22,26H,6,11-17H2. The maximum absolute atomic E-state index is 13.1. The fourth-order valence-corrected chi connectivity index (χ4v) is 4.54. The van der Waals surface area contributed by atoms with Crippen molar-refractivity contribution in [2.24, 2.45) is 5.92 Å². The van der Waals surface area contributed by atoms with Crippen LogP contribution in [-0.2, 0) is 11.2 Å². The first-order valence-electron chi connectivity index (χ1n) is 10.1. The lowest BCUT2D eigenvalue weighted by Gasteiger charge is -2.35. The molecule has 4 rings (SSSR count). The Labute approximate surface area is 161 Å². The molecule has 4 heteroatoms. The number of amides is 1. The van der Waals surface area contributed by atoms with Crippen LogP contribution in [0.5, 0.6) is 0 Å². The monoisotopic (exact) mass is 364 g/mol. The summed E-state index contributed by atoms with van der Waals surface area (Å²) in [5.41, 5.74) is 3.56. The van der Waals surface area contributed by atoms with E-state index >= 15 is 0 Å². The minimum atomic E-state index is -0.155. The quantitative estimate of drug-likeness (QED) is 0.854. The molecule has 0 spiro atoms. The van der Waals surface area contributed by atoms with Crippen LogP contribution in [0.2, 0.25) is 0 Å². The Hall–Kier alpha value is -2.17. The Morgan fingerprint density at radius 1 is 0.963 bits per heavy atom. The maximum Gasteiger partial charge on any atom is 0.249 e. The molecule has 2 aromatic rings. The van der Waals surface area contributed by atoms with Gasteiger partial charge in [0.15, 0.2) is 0 Å². The number of nitrogens with zero attached hydrogens (tertiary/aromatic N) is 2. The van der Waals surface area contributed by atoms with E-state index in [1.807, 2.05) is 23.1 Å². The Morgan fingerprint density at radius 3 is 2.41 bits per heavy atom. The molecular formula is C23H28N2O2. The van der Waals surface area contributed by atoms with Gasteiger partial charge in [-0.15, -0.1) is 0 Å². The van der Waals surface area contributed by atoms with Crippen molar-refractivity contribution in [1.29, 1.82) is 0 Å². The number of fused-ring (bicyclic) bond motifs is 1. The minimum Gasteiger partial charge on any atom is -0.396 e. The number of aliphatic hydroxyl groups is 1. The van der Waals surface area contributed by atoms with E-state index in [2.05, 4.69) is 41.3 Å². The zero-order chi connectivity index (χ0) is 18.6. The Kier molecular flexibility index (Phi) is 5.55. The summed E-state index contributed by atoms with van der Waals surface area (Å²) in [5, 5.41) is 9.18. The fourth-order valence-electron chi connectivity index (χ4n) is 4.54. The van der Waals surface area contributed by atoms with Crippen molar-refractivity contribution in [2.75, 3.05) is 31.1 Å². The number of carbonyl (C=O) groups is 1. The summed E-state index contributed by atoms with van der Waals surface area (Å²) in [5.74, 6) is 0.868. The number of benzene rings is 2. The van der Waals surface area contributed by atoms with Crippen LogP contribution in [0, 0.1) is 5.92 Å². The zero-order valence-electron chi connectivity index (χ0n) is 15.8. The number of carbonyl (C=O) groups excluding carboxylic acids is 1. The highest BCUT2D eigenvalue weighted by Gasteiger charge is 2.41. The average Bonchev–Trinajstić information content (AvgIpc) is 2.99. The Bertz CT molecular complexity index is 769. The topological polar surface area (TPSA) is 43.8 Å². The van der Waals surface area contributed by atoms with Gasteiger partial charge in [-0.05, 0) is 56.3 Å². The molecule has 1 N–H and O–H groups in total. The van der Waals surface area contributed by atoms with Crippen molar-refractivity contribution in [3.63, 3.8) is 0 Å². The van der Waals surface area contributed by atoms with Crippen LogP contribution in [-0.4, -0.2) is 42.2 Å². The minimum absolute atomic E-state index is 0.113.